The lowest BCUT2D eigenvalue weighted by Crippen LogP contribution is -2.54. The van der Waals surface area contributed by atoms with Crippen LogP contribution in [0.1, 0.15) is 38.5 Å². The second kappa shape index (κ2) is 5.20. The molecule has 1 saturated carbocycles. The Morgan fingerprint density at radius 1 is 1.00 bits per heavy atom. The van der Waals surface area contributed by atoms with Gasteiger partial charge in [0.15, 0.2) is 5.82 Å². The largest absolute Gasteiger partial charge is 0.341 e. The zero-order chi connectivity index (χ0) is 14.3. The van der Waals surface area contributed by atoms with Crippen LogP contribution in [0.3, 0.4) is 0 Å². The number of aromatic nitrogens is 2. The summed E-state index contributed by atoms with van der Waals surface area (Å²) in [7, 11) is 0. The monoisotopic (exact) mass is 290 g/mol. The molecule has 21 heavy (non-hydrogen) atoms. The highest BCUT2D eigenvalue weighted by Gasteiger charge is 2.48. The van der Waals surface area contributed by atoms with Crippen molar-refractivity contribution in [3.63, 3.8) is 0 Å². The topological polar surface area (TPSA) is 32.3 Å². The van der Waals surface area contributed by atoms with E-state index in [2.05, 4.69) is 19.8 Å². The maximum atomic E-state index is 12.9. The standard InChI is InChI=1S/C16H23FN4/c17-13-11-18-15(19-12-13)21-7-3-16(4-8-21)9-14(10-16)20-5-1-2-6-20/h11-12,14H,1-10H2. The maximum Gasteiger partial charge on any atom is 0.225 e. The number of likely N-dealkylation sites (tertiary alicyclic amines) is 1. The van der Waals surface area contributed by atoms with Gasteiger partial charge in [-0.3, -0.25) is 0 Å². The van der Waals surface area contributed by atoms with Gasteiger partial charge in [0.05, 0.1) is 12.4 Å². The molecule has 1 aromatic rings. The molecule has 3 fully saturated rings. The summed E-state index contributed by atoms with van der Waals surface area (Å²) in [5, 5.41) is 0. The van der Waals surface area contributed by atoms with Crippen LogP contribution < -0.4 is 4.90 Å². The van der Waals surface area contributed by atoms with Gasteiger partial charge in [-0.15, -0.1) is 0 Å². The van der Waals surface area contributed by atoms with Crippen molar-refractivity contribution in [3.05, 3.63) is 18.2 Å². The Morgan fingerprint density at radius 3 is 2.24 bits per heavy atom. The molecule has 0 N–H and O–H groups in total. The van der Waals surface area contributed by atoms with E-state index in [1.54, 1.807) is 0 Å². The smallest absolute Gasteiger partial charge is 0.225 e. The van der Waals surface area contributed by atoms with Crippen LogP contribution in [0, 0.1) is 11.2 Å². The van der Waals surface area contributed by atoms with Gasteiger partial charge in [-0.25, -0.2) is 14.4 Å². The van der Waals surface area contributed by atoms with Gasteiger partial charge >= 0.3 is 0 Å². The summed E-state index contributed by atoms with van der Waals surface area (Å²) in [6.45, 7) is 4.66. The van der Waals surface area contributed by atoms with E-state index in [-0.39, 0.29) is 5.82 Å². The first-order valence-corrected chi connectivity index (χ1v) is 8.21. The van der Waals surface area contributed by atoms with Crippen LogP contribution in [0.5, 0.6) is 0 Å². The molecule has 5 heteroatoms. The minimum Gasteiger partial charge on any atom is -0.341 e. The van der Waals surface area contributed by atoms with E-state index < -0.39 is 0 Å². The molecule has 3 heterocycles. The van der Waals surface area contributed by atoms with Gasteiger partial charge < -0.3 is 9.80 Å². The Kier molecular flexibility index (Phi) is 3.32. The fraction of sp³-hybridized carbons (Fsp3) is 0.750. The fourth-order valence-corrected chi connectivity index (χ4v) is 4.36. The molecule has 2 aliphatic heterocycles. The molecule has 0 aromatic carbocycles. The van der Waals surface area contributed by atoms with Gasteiger partial charge in [-0.2, -0.15) is 0 Å². The number of anilines is 1. The molecule has 4 nitrogen and oxygen atoms in total. The molecule has 1 spiro atoms. The Hall–Kier alpha value is -1.23. The van der Waals surface area contributed by atoms with E-state index in [4.69, 9.17) is 0 Å². The Balaban J connectivity index is 1.32. The van der Waals surface area contributed by atoms with Crippen molar-refractivity contribution in [2.24, 2.45) is 5.41 Å². The fourth-order valence-electron chi connectivity index (χ4n) is 4.36. The summed E-state index contributed by atoms with van der Waals surface area (Å²) in [4.78, 5) is 13.1. The van der Waals surface area contributed by atoms with Crippen molar-refractivity contribution in [3.8, 4) is 0 Å². The van der Waals surface area contributed by atoms with Gasteiger partial charge in [0.25, 0.3) is 0 Å². The maximum absolute atomic E-state index is 12.9. The van der Waals surface area contributed by atoms with Crippen LogP contribution in [0.4, 0.5) is 10.3 Å². The molecule has 1 aliphatic carbocycles. The van der Waals surface area contributed by atoms with Crippen LogP contribution in [-0.2, 0) is 0 Å². The molecule has 114 valence electrons. The second-order valence-corrected chi connectivity index (χ2v) is 6.99. The third kappa shape index (κ3) is 2.52. The number of piperidine rings is 1. The van der Waals surface area contributed by atoms with Crippen LogP contribution in [0.15, 0.2) is 12.4 Å². The Bertz CT molecular complexity index is 482. The number of hydrogen-bond acceptors (Lipinski definition) is 4. The molecule has 0 bridgehead atoms. The summed E-state index contributed by atoms with van der Waals surface area (Å²) in [6.07, 6.45) is 10.5. The van der Waals surface area contributed by atoms with Crippen molar-refractivity contribution < 1.29 is 4.39 Å². The Morgan fingerprint density at radius 2 is 1.62 bits per heavy atom. The highest BCUT2D eigenvalue weighted by molar-refractivity contribution is 5.30. The quantitative estimate of drug-likeness (QED) is 0.837. The minimum absolute atomic E-state index is 0.361. The average molecular weight is 290 g/mol. The van der Waals surface area contributed by atoms with Crippen LogP contribution >= 0.6 is 0 Å². The van der Waals surface area contributed by atoms with E-state index >= 15 is 0 Å². The normalized spacial score (nSPS) is 26.2. The first-order valence-electron chi connectivity index (χ1n) is 8.21. The first kappa shape index (κ1) is 13.4. The van der Waals surface area contributed by atoms with Crippen molar-refractivity contribution in [1.29, 1.82) is 0 Å². The van der Waals surface area contributed by atoms with Crippen molar-refractivity contribution in [2.75, 3.05) is 31.1 Å². The van der Waals surface area contributed by atoms with Gasteiger partial charge in [0, 0.05) is 19.1 Å². The zero-order valence-electron chi connectivity index (χ0n) is 12.5. The summed E-state index contributed by atoms with van der Waals surface area (Å²) in [5.41, 5.74) is 0.573. The predicted octanol–water partition coefficient (Wildman–Crippen LogP) is 2.46. The Labute approximate surface area is 125 Å². The van der Waals surface area contributed by atoms with Gasteiger partial charge in [0.1, 0.15) is 0 Å². The van der Waals surface area contributed by atoms with E-state index in [1.807, 2.05) is 0 Å². The molecular weight excluding hydrogens is 267 g/mol. The van der Waals surface area contributed by atoms with E-state index in [0.29, 0.717) is 11.4 Å². The van der Waals surface area contributed by atoms with Crippen molar-refractivity contribution >= 4 is 5.95 Å². The van der Waals surface area contributed by atoms with Crippen LogP contribution in [-0.4, -0.2) is 47.1 Å². The third-order valence-corrected chi connectivity index (χ3v) is 5.71. The SMILES string of the molecule is Fc1cnc(N2CCC3(CC2)CC(N2CCCC2)C3)nc1. The lowest BCUT2D eigenvalue weighted by molar-refractivity contribution is -0.00663. The van der Waals surface area contributed by atoms with Crippen molar-refractivity contribution in [1.82, 2.24) is 14.9 Å². The van der Waals surface area contributed by atoms with Crippen LogP contribution in [0.25, 0.3) is 0 Å². The summed E-state index contributed by atoms with van der Waals surface area (Å²) in [6, 6.07) is 0.848. The molecule has 2 saturated heterocycles. The molecule has 0 atom stereocenters. The lowest BCUT2D eigenvalue weighted by atomic mass is 9.60. The predicted molar refractivity (Wildman–Crippen MR) is 79.7 cm³/mol. The molecule has 1 aromatic heterocycles. The van der Waals surface area contributed by atoms with E-state index in [1.165, 1.54) is 64.0 Å². The molecular formula is C16H23FN4. The molecule has 0 unspecified atom stereocenters. The van der Waals surface area contributed by atoms with Gasteiger partial charge in [-0.05, 0) is 57.0 Å². The highest BCUT2D eigenvalue weighted by atomic mass is 19.1. The van der Waals surface area contributed by atoms with Gasteiger partial charge in [0.2, 0.25) is 5.95 Å². The van der Waals surface area contributed by atoms with Crippen LogP contribution in [0.2, 0.25) is 0 Å². The lowest BCUT2D eigenvalue weighted by Gasteiger charge is -2.54. The van der Waals surface area contributed by atoms with E-state index in [9.17, 15) is 4.39 Å². The number of hydrogen-bond donors (Lipinski definition) is 0. The van der Waals surface area contributed by atoms with Gasteiger partial charge in [-0.1, -0.05) is 0 Å². The molecule has 3 aliphatic rings. The van der Waals surface area contributed by atoms with Crippen molar-refractivity contribution in [2.45, 2.75) is 44.6 Å². The second-order valence-electron chi connectivity index (χ2n) is 6.99. The number of nitrogens with zero attached hydrogens (tertiary/aromatic N) is 4. The molecule has 0 radical (unpaired) electrons. The molecule has 4 rings (SSSR count). The third-order valence-electron chi connectivity index (χ3n) is 5.71. The number of rotatable bonds is 2. The van der Waals surface area contributed by atoms with E-state index in [0.717, 1.165) is 19.1 Å². The summed E-state index contributed by atoms with van der Waals surface area (Å²) < 4.78 is 12.9. The minimum atomic E-state index is -0.361. The average Bonchev–Trinajstić information content (AvgIpc) is 3.00. The highest BCUT2D eigenvalue weighted by Crippen LogP contribution is 2.51. The zero-order valence-corrected chi connectivity index (χ0v) is 12.5. The summed E-state index contributed by atoms with van der Waals surface area (Å²) >= 11 is 0. The molecule has 0 amide bonds. The summed E-state index contributed by atoms with van der Waals surface area (Å²) in [5.74, 6) is 0.321. The first-order chi connectivity index (χ1) is 10.2. The number of halogens is 1.